The third-order valence-electron chi connectivity index (χ3n) is 2.93. The second-order valence-electron chi connectivity index (χ2n) is 3.77. The minimum atomic E-state index is -0.0348. The minimum Gasteiger partial charge on any atom is -0.302 e. The third kappa shape index (κ3) is 1.73. The molecule has 0 heterocycles. The van der Waals surface area contributed by atoms with Crippen LogP contribution in [-0.4, -0.2) is 12.3 Å². The minimum absolute atomic E-state index is 0.0348. The smallest absolute Gasteiger partial charge is 0.137 e. The molecule has 0 bridgehead atoms. The maximum Gasteiger partial charge on any atom is 0.137 e. The first-order valence-corrected chi connectivity index (χ1v) is 5.41. The second kappa shape index (κ2) is 4.20. The summed E-state index contributed by atoms with van der Waals surface area (Å²) in [7, 11) is 2.43. The van der Waals surface area contributed by atoms with E-state index in [1.165, 1.54) is 11.1 Å². The molecule has 2 rings (SSSR count). The highest BCUT2D eigenvalue weighted by molar-refractivity contribution is 7.13. The maximum absolute atomic E-state index is 10.8. The maximum atomic E-state index is 10.8. The number of hydrogen-bond acceptors (Lipinski definition) is 2. The lowest BCUT2D eigenvalue weighted by molar-refractivity contribution is -0.110. The molecule has 1 aliphatic carbocycles. The van der Waals surface area contributed by atoms with Crippen LogP contribution >= 0.6 is 9.39 Å². The molecule has 1 aromatic carbocycles. The summed E-state index contributed by atoms with van der Waals surface area (Å²) in [6.07, 6.45) is 3.03. The van der Waals surface area contributed by atoms with Gasteiger partial charge in [-0.1, -0.05) is 33.7 Å². The summed E-state index contributed by atoms with van der Waals surface area (Å²) in [6, 6.07) is 8.39. The average Bonchev–Trinajstić information content (AvgIpc) is 2.63. The van der Waals surface area contributed by atoms with Crippen LogP contribution in [0, 0.1) is 5.92 Å². The van der Waals surface area contributed by atoms with E-state index in [4.69, 9.17) is 0 Å². The van der Waals surface area contributed by atoms with Crippen molar-refractivity contribution in [3.8, 4) is 0 Å². The fraction of sp³-hybridized carbons (Fsp3) is 0.364. The monoisotopic (exact) mass is 207 g/mol. The Hall–Kier alpha value is -0.720. The van der Waals surface area contributed by atoms with Gasteiger partial charge in [0.25, 0.3) is 0 Å². The highest BCUT2D eigenvalue weighted by Crippen LogP contribution is 2.28. The number of hydrogen-bond donors (Lipinski definition) is 1. The van der Waals surface area contributed by atoms with Gasteiger partial charge >= 0.3 is 0 Å². The van der Waals surface area contributed by atoms with Crippen LogP contribution in [0.1, 0.15) is 11.1 Å². The summed E-state index contributed by atoms with van der Waals surface area (Å²) in [4.78, 5) is 10.8. The molecule has 0 saturated heterocycles. The van der Waals surface area contributed by atoms with Crippen LogP contribution in [0.15, 0.2) is 24.3 Å². The van der Waals surface area contributed by atoms with Crippen LogP contribution in [0.3, 0.4) is 0 Å². The summed E-state index contributed by atoms with van der Waals surface area (Å²) in [5.41, 5.74) is 2.79. The van der Waals surface area contributed by atoms with Crippen LogP contribution in [0.2, 0.25) is 0 Å². The van der Waals surface area contributed by atoms with Crippen molar-refractivity contribution in [3.05, 3.63) is 35.4 Å². The Morgan fingerprint density at radius 2 is 1.93 bits per heavy atom. The summed E-state index contributed by atoms with van der Waals surface area (Å²) >= 11 is 0. The summed E-state index contributed by atoms with van der Waals surface area (Å²) < 4.78 is 0. The van der Waals surface area contributed by atoms with Crippen molar-refractivity contribution in [2.75, 3.05) is 0 Å². The topological polar surface area (TPSA) is 29.1 Å². The Bertz CT molecular complexity index is 315. The quantitative estimate of drug-likeness (QED) is 0.598. The largest absolute Gasteiger partial charge is 0.302 e. The number of fused-ring (bicyclic) bond motifs is 1. The highest BCUT2D eigenvalue weighted by Gasteiger charge is 2.26. The molecule has 2 nitrogen and oxygen atoms in total. The molecule has 74 valence electrons. The van der Waals surface area contributed by atoms with Crippen LogP contribution in [0.5, 0.6) is 0 Å². The first-order chi connectivity index (χ1) is 6.85. The van der Waals surface area contributed by atoms with Gasteiger partial charge in [0.05, 0.1) is 6.04 Å². The molecule has 1 N–H and O–H groups in total. The number of carbonyl (C=O) groups excluding carboxylic acids is 1. The first kappa shape index (κ1) is 9.82. The average molecular weight is 207 g/mol. The van der Waals surface area contributed by atoms with E-state index in [2.05, 4.69) is 38.7 Å². The van der Waals surface area contributed by atoms with Gasteiger partial charge in [0.15, 0.2) is 0 Å². The Labute approximate surface area is 86.3 Å². The van der Waals surface area contributed by atoms with Gasteiger partial charge in [0.1, 0.15) is 6.29 Å². The molecule has 0 spiro atoms. The van der Waals surface area contributed by atoms with E-state index in [1.54, 1.807) is 0 Å². The molecule has 0 aromatic heterocycles. The third-order valence-corrected chi connectivity index (χ3v) is 3.31. The highest BCUT2D eigenvalue weighted by atomic mass is 31.0. The number of nitrogens with one attached hydrogen (secondary N) is 1. The van der Waals surface area contributed by atoms with E-state index in [-0.39, 0.29) is 6.04 Å². The van der Waals surface area contributed by atoms with Gasteiger partial charge in [0, 0.05) is 0 Å². The van der Waals surface area contributed by atoms with Crippen molar-refractivity contribution in [3.63, 3.8) is 0 Å². The molecular weight excluding hydrogens is 193 g/mol. The van der Waals surface area contributed by atoms with Crippen LogP contribution in [-0.2, 0) is 17.6 Å². The van der Waals surface area contributed by atoms with Gasteiger partial charge in [-0.2, -0.15) is 0 Å². The fourth-order valence-corrected chi connectivity index (χ4v) is 2.48. The molecule has 2 atom stereocenters. The van der Waals surface area contributed by atoms with Crippen LogP contribution in [0.25, 0.3) is 0 Å². The van der Waals surface area contributed by atoms with Gasteiger partial charge in [-0.25, -0.2) is 0 Å². The standard InChI is InChI=1S/C11H14NOP/c13-7-11(12-14)10-5-8-3-1-2-4-9(8)6-10/h1-4,7,10-12H,5-6,14H2. The van der Waals surface area contributed by atoms with E-state index in [0.717, 1.165) is 19.1 Å². The molecule has 3 heteroatoms. The zero-order valence-corrected chi connectivity index (χ0v) is 9.10. The molecule has 0 fully saturated rings. The number of carbonyl (C=O) groups is 1. The number of benzene rings is 1. The van der Waals surface area contributed by atoms with E-state index in [9.17, 15) is 4.79 Å². The predicted octanol–water partition coefficient (Wildman–Crippen LogP) is 1.35. The van der Waals surface area contributed by atoms with Gasteiger partial charge in [0.2, 0.25) is 0 Å². The molecule has 0 radical (unpaired) electrons. The predicted molar refractivity (Wildman–Crippen MR) is 60.0 cm³/mol. The molecule has 2 unspecified atom stereocenters. The van der Waals surface area contributed by atoms with Gasteiger partial charge < -0.3 is 4.79 Å². The molecule has 0 saturated carbocycles. The number of rotatable bonds is 3. The van der Waals surface area contributed by atoms with E-state index >= 15 is 0 Å². The number of aldehydes is 1. The Morgan fingerprint density at radius 3 is 2.36 bits per heavy atom. The zero-order chi connectivity index (χ0) is 9.97. The van der Waals surface area contributed by atoms with Crippen molar-refractivity contribution >= 4 is 15.7 Å². The Morgan fingerprint density at radius 1 is 1.36 bits per heavy atom. The van der Waals surface area contributed by atoms with Crippen LogP contribution < -0.4 is 5.09 Å². The summed E-state index contributed by atoms with van der Waals surface area (Å²) in [5.74, 6) is 0.419. The Kier molecular flexibility index (Phi) is 2.95. The zero-order valence-electron chi connectivity index (χ0n) is 7.94. The van der Waals surface area contributed by atoms with E-state index in [0.29, 0.717) is 5.92 Å². The lowest BCUT2D eigenvalue weighted by atomic mass is 9.99. The van der Waals surface area contributed by atoms with Crippen molar-refractivity contribution < 1.29 is 4.79 Å². The molecule has 0 aliphatic heterocycles. The summed E-state index contributed by atoms with van der Waals surface area (Å²) in [5, 5.41) is 2.98. The summed E-state index contributed by atoms with van der Waals surface area (Å²) in [6.45, 7) is 0. The fourth-order valence-electron chi connectivity index (χ4n) is 2.13. The molecule has 0 amide bonds. The van der Waals surface area contributed by atoms with E-state index in [1.807, 2.05) is 0 Å². The second-order valence-corrected chi connectivity index (χ2v) is 4.10. The Balaban J connectivity index is 2.14. The molecular formula is C11H14NOP. The van der Waals surface area contributed by atoms with E-state index < -0.39 is 0 Å². The molecule has 1 aromatic rings. The van der Waals surface area contributed by atoms with Crippen molar-refractivity contribution in [2.24, 2.45) is 5.92 Å². The van der Waals surface area contributed by atoms with Gasteiger partial charge in [-0.3, -0.25) is 5.09 Å². The van der Waals surface area contributed by atoms with Gasteiger partial charge in [-0.15, -0.1) is 0 Å². The van der Waals surface area contributed by atoms with Crippen molar-refractivity contribution in [1.82, 2.24) is 5.09 Å². The normalized spacial score (nSPS) is 17.8. The van der Waals surface area contributed by atoms with Gasteiger partial charge in [-0.05, 0) is 29.9 Å². The molecule has 14 heavy (non-hydrogen) atoms. The van der Waals surface area contributed by atoms with Crippen LogP contribution in [0.4, 0.5) is 0 Å². The first-order valence-electron chi connectivity index (χ1n) is 4.83. The molecule has 1 aliphatic rings. The van der Waals surface area contributed by atoms with Crippen molar-refractivity contribution in [2.45, 2.75) is 18.9 Å². The lowest BCUT2D eigenvalue weighted by Gasteiger charge is -2.15. The SMILES string of the molecule is O=CC(NP)C1Cc2ccccc2C1. The lowest BCUT2D eigenvalue weighted by Crippen LogP contribution is -2.31. The van der Waals surface area contributed by atoms with Crippen molar-refractivity contribution in [1.29, 1.82) is 0 Å².